The minimum Gasteiger partial charge on any atom is -0.493 e. The zero-order valence-electron chi connectivity index (χ0n) is 16.3. The molecule has 1 rings (SSSR count). The van der Waals surface area contributed by atoms with Crippen LogP contribution in [0.15, 0.2) is 18.2 Å². The molecule has 0 aliphatic carbocycles. The zero-order chi connectivity index (χ0) is 27.8. The van der Waals surface area contributed by atoms with Crippen LogP contribution in [0.2, 0.25) is 0 Å². The minimum atomic E-state index is -6.99. The van der Waals surface area contributed by atoms with E-state index >= 15 is 0 Å². The molecule has 5 nitrogen and oxygen atoms in total. The van der Waals surface area contributed by atoms with Crippen molar-refractivity contribution >= 4 is 11.9 Å². The maximum Gasteiger partial charge on any atom is 0.460 e. The summed E-state index contributed by atoms with van der Waals surface area (Å²) in [5.41, 5.74) is -1.14. The van der Waals surface area contributed by atoms with Gasteiger partial charge in [-0.2, -0.15) is 61.5 Å². The minimum absolute atomic E-state index is 0.485. The number of benzene rings is 1. The van der Waals surface area contributed by atoms with E-state index in [9.17, 15) is 71.1 Å². The molecule has 1 aromatic rings. The monoisotopic (exact) mass is 546 g/mol. The summed E-state index contributed by atoms with van der Waals surface area (Å²) >= 11 is 0. The molecule has 35 heavy (non-hydrogen) atoms. The molecule has 19 heteroatoms. The van der Waals surface area contributed by atoms with Crippen molar-refractivity contribution in [1.29, 1.82) is 0 Å². The average molecular weight is 546 g/mol. The van der Waals surface area contributed by atoms with Gasteiger partial charge in [0.15, 0.2) is 11.5 Å². The molecular weight excluding hydrogens is 538 g/mol. The Morgan fingerprint density at radius 2 is 1.14 bits per heavy atom. The molecule has 0 atom stereocenters. The highest BCUT2D eigenvalue weighted by Crippen LogP contribution is 2.49. The number of rotatable bonds is 8. The third-order valence-corrected chi connectivity index (χ3v) is 3.85. The predicted octanol–water partition coefficient (Wildman–Crippen LogP) is 5.31. The van der Waals surface area contributed by atoms with E-state index in [1.165, 1.54) is 0 Å². The summed E-state index contributed by atoms with van der Waals surface area (Å²) < 4.78 is 190. The SMILES string of the molecule is COc1cccc(COC(=O)C(F)(F)C(F)(F)C(F)(F)F)c1OC(=O)C(F)(F)C(F)(F)C(F)(F)F. The van der Waals surface area contributed by atoms with E-state index in [4.69, 9.17) is 0 Å². The molecule has 0 aromatic heterocycles. The lowest BCUT2D eigenvalue weighted by Crippen LogP contribution is -2.57. The quantitative estimate of drug-likeness (QED) is 0.252. The fourth-order valence-electron chi connectivity index (χ4n) is 1.95. The maximum atomic E-state index is 13.5. The largest absolute Gasteiger partial charge is 0.493 e. The van der Waals surface area contributed by atoms with Crippen molar-refractivity contribution in [1.82, 2.24) is 0 Å². The van der Waals surface area contributed by atoms with Crippen LogP contribution >= 0.6 is 0 Å². The number of hydrogen-bond acceptors (Lipinski definition) is 5. The van der Waals surface area contributed by atoms with E-state index in [2.05, 4.69) is 14.2 Å². The van der Waals surface area contributed by atoms with E-state index in [0.29, 0.717) is 19.2 Å². The first-order valence-corrected chi connectivity index (χ1v) is 8.16. The van der Waals surface area contributed by atoms with Gasteiger partial charge in [0.25, 0.3) is 0 Å². The van der Waals surface area contributed by atoms with Gasteiger partial charge in [-0.15, -0.1) is 0 Å². The molecular formula is C16H8F14O5. The van der Waals surface area contributed by atoms with Crippen LogP contribution in [-0.4, -0.2) is 55.1 Å². The molecule has 0 saturated heterocycles. The molecule has 0 aliphatic heterocycles. The molecule has 0 radical (unpaired) electrons. The van der Waals surface area contributed by atoms with Gasteiger partial charge >= 0.3 is 48.0 Å². The number of ether oxygens (including phenoxy) is 3. The second kappa shape index (κ2) is 9.21. The Balaban J connectivity index is 3.30. The first-order valence-electron chi connectivity index (χ1n) is 8.16. The summed E-state index contributed by atoms with van der Waals surface area (Å²) in [6.07, 6.45) is -13.9. The standard InChI is InChI=1S/C16H8F14O5/c1-33-7-4-2-3-6(5-34-9(31)11(17,18)13(21,22)15(25,26)27)8(7)35-10(32)12(19,20)14(23,24)16(28,29)30/h2-4H,5H2,1H3. The van der Waals surface area contributed by atoms with Crippen molar-refractivity contribution in [3.8, 4) is 11.5 Å². The molecule has 0 heterocycles. The van der Waals surface area contributed by atoms with Crippen molar-refractivity contribution in [3.63, 3.8) is 0 Å². The Hall–Kier alpha value is -3.02. The summed E-state index contributed by atoms with van der Waals surface area (Å²) in [4.78, 5) is 22.6. The van der Waals surface area contributed by atoms with Gasteiger partial charge < -0.3 is 14.2 Å². The van der Waals surface area contributed by atoms with E-state index in [-0.39, 0.29) is 0 Å². The lowest BCUT2D eigenvalue weighted by atomic mass is 10.1. The van der Waals surface area contributed by atoms with Gasteiger partial charge in [-0.05, 0) is 6.07 Å². The highest BCUT2D eigenvalue weighted by atomic mass is 19.4. The number of esters is 2. The summed E-state index contributed by atoms with van der Waals surface area (Å²) in [7, 11) is 0.670. The number of carbonyl (C=O) groups excluding carboxylic acids is 2. The van der Waals surface area contributed by atoms with Crippen molar-refractivity contribution in [2.75, 3.05) is 7.11 Å². The third kappa shape index (κ3) is 5.31. The maximum absolute atomic E-state index is 13.5. The predicted molar refractivity (Wildman–Crippen MR) is 80.3 cm³/mol. The van der Waals surface area contributed by atoms with E-state index in [1.807, 2.05) is 0 Å². The van der Waals surface area contributed by atoms with Gasteiger partial charge in [0.05, 0.1) is 7.11 Å². The van der Waals surface area contributed by atoms with Crippen molar-refractivity contribution in [3.05, 3.63) is 23.8 Å². The van der Waals surface area contributed by atoms with Gasteiger partial charge in [0, 0.05) is 5.56 Å². The first kappa shape index (κ1) is 30.0. The molecule has 200 valence electrons. The van der Waals surface area contributed by atoms with Crippen molar-refractivity contribution < 1.29 is 85.3 Å². The molecule has 0 N–H and O–H groups in total. The fraction of sp³-hybridized carbons (Fsp3) is 0.500. The molecule has 0 bridgehead atoms. The smallest absolute Gasteiger partial charge is 0.460 e. The molecule has 1 aromatic carbocycles. The van der Waals surface area contributed by atoms with Gasteiger partial charge in [0.1, 0.15) is 6.61 Å². The van der Waals surface area contributed by atoms with Crippen LogP contribution in [-0.2, 0) is 20.9 Å². The normalized spacial score (nSPS) is 13.9. The topological polar surface area (TPSA) is 61.8 Å². The van der Waals surface area contributed by atoms with Crippen molar-refractivity contribution in [2.24, 2.45) is 0 Å². The van der Waals surface area contributed by atoms with Gasteiger partial charge in [-0.1, -0.05) is 12.1 Å². The second-order valence-corrected chi connectivity index (χ2v) is 6.21. The molecule has 0 unspecified atom stereocenters. The molecule has 0 aliphatic rings. The zero-order valence-corrected chi connectivity index (χ0v) is 16.3. The highest BCUT2D eigenvalue weighted by molar-refractivity contribution is 5.82. The highest BCUT2D eigenvalue weighted by Gasteiger charge is 2.78. The van der Waals surface area contributed by atoms with Gasteiger partial charge in [0.2, 0.25) is 0 Å². The Morgan fingerprint density at radius 3 is 1.54 bits per heavy atom. The fourth-order valence-corrected chi connectivity index (χ4v) is 1.95. The first-order chi connectivity index (χ1) is 15.5. The van der Waals surface area contributed by atoms with E-state index in [0.717, 1.165) is 6.07 Å². The van der Waals surface area contributed by atoms with Crippen LogP contribution in [0.25, 0.3) is 0 Å². The van der Waals surface area contributed by atoms with Crippen LogP contribution in [0.4, 0.5) is 61.5 Å². The van der Waals surface area contributed by atoms with Crippen LogP contribution in [0.5, 0.6) is 11.5 Å². The lowest BCUT2D eigenvalue weighted by Gasteiger charge is -2.27. The second-order valence-electron chi connectivity index (χ2n) is 6.21. The number of hydrogen-bond donors (Lipinski definition) is 0. The molecule has 0 amide bonds. The Kier molecular flexibility index (Phi) is 7.90. The van der Waals surface area contributed by atoms with E-state index in [1.54, 1.807) is 0 Å². The van der Waals surface area contributed by atoms with Crippen LogP contribution in [0.1, 0.15) is 5.56 Å². The number of alkyl halides is 14. The van der Waals surface area contributed by atoms with Crippen LogP contribution in [0.3, 0.4) is 0 Å². The summed E-state index contributed by atoms with van der Waals surface area (Å²) in [5.74, 6) is -36.7. The number of methoxy groups -OCH3 is 1. The van der Waals surface area contributed by atoms with Gasteiger partial charge in [-0.3, -0.25) is 0 Å². The average Bonchev–Trinajstić information content (AvgIpc) is 2.70. The summed E-state index contributed by atoms with van der Waals surface area (Å²) in [5, 5.41) is 0. The summed E-state index contributed by atoms with van der Waals surface area (Å²) in [6.45, 7) is -1.86. The third-order valence-electron chi connectivity index (χ3n) is 3.85. The van der Waals surface area contributed by atoms with Crippen molar-refractivity contribution in [2.45, 2.75) is 42.6 Å². The number of para-hydroxylation sites is 1. The van der Waals surface area contributed by atoms with Crippen LogP contribution < -0.4 is 9.47 Å². The van der Waals surface area contributed by atoms with Crippen LogP contribution in [0, 0.1) is 0 Å². The Bertz CT molecular complexity index is 951. The molecule has 0 saturated carbocycles. The number of halogens is 14. The van der Waals surface area contributed by atoms with E-state index < -0.39 is 71.7 Å². The lowest BCUT2D eigenvalue weighted by molar-refractivity contribution is -0.348. The molecule has 0 fully saturated rings. The molecule has 0 spiro atoms. The Morgan fingerprint density at radius 1 is 0.714 bits per heavy atom. The van der Waals surface area contributed by atoms with Gasteiger partial charge in [-0.25, -0.2) is 9.59 Å². The Labute approximate surface area is 183 Å². The number of carbonyl (C=O) groups is 2. The summed E-state index contributed by atoms with van der Waals surface area (Å²) in [6, 6.07) is 1.92.